The predicted octanol–water partition coefficient (Wildman–Crippen LogP) is 1.72. The quantitative estimate of drug-likeness (QED) is 0.737. The van der Waals surface area contributed by atoms with Gasteiger partial charge < -0.3 is 20.2 Å². The topological polar surface area (TPSA) is 98.7 Å². The summed E-state index contributed by atoms with van der Waals surface area (Å²) in [5.74, 6) is 0.599. The summed E-state index contributed by atoms with van der Waals surface area (Å²) in [7, 11) is 0. The summed E-state index contributed by atoms with van der Waals surface area (Å²) >= 11 is 0. The number of aryl methyl sites for hydroxylation is 1. The molecule has 0 spiro atoms. The van der Waals surface area contributed by atoms with Gasteiger partial charge in [0.2, 0.25) is 5.91 Å². The third-order valence-corrected chi connectivity index (χ3v) is 4.55. The van der Waals surface area contributed by atoms with Crippen molar-refractivity contribution in [3.63, 3.8) is 0 Å². The molecule has 1 aromatic rings. The van der Waals surface area contributed by atoms with Crippen molar-refractivity contribution < 1.29 is 14.7 Å². The number of aromatic nitrogens is 2. The lowest BCUT2D eigenvalue weighted by atomic mass is 9.96. The maximum atomic E-state index is 12.9. The van der Waals surface area contributed by atoms with Crippen LogP contribution in [0, 0.1) is 12.3 Å². The Hall–Kier alpha value is -2.22. The lowest BCUT2D eigenvalue weighted by Crippen LogP contribution is -2.55. The Kier molecular flexibility index (Phi) is 7.74. The van der Waals surface area contributed by atoms with E-state index in [-0.39, 0.29) is 24.0 Å². The third kappa shape index (κ3) is 6.74. The molecular formula is C20H33N5O3. The molecule has 1 fully saturated rings. The van der Waals surface area contributed by atoms with E-state index < -0.39 is 6.04 Å². The van der Waals surface area contributed by atoms with Crippen LogP contribution in [0.1, 0.15) is 51.6 Å². The lowest BCUT2D eigenvalue weighted by molar-refractivity contribution is -0.136. The van der Waals surface area contributed by atoms with Crippen LogP contribution in [-0.2, 0) is 11.3 Å². The van der Waals surface area contributed by atoms with Crippen molar-refractivity contribution in [1.29, 1.82) is 0 Å². The van der Waals surface area contributed by atoms with Gasteiger partial charge >= 0.3 is 6.03 Å². The van der Waals surface area contributed by atoms with Gasteiger partial charge in [-0.05, 0) is 37.7 Å². The molecule has 156 valence electrons. The van der Waals surface area contributed by atoms with Gasteiger partial charge in [0.15, 0.2) is 0 Å². The number of piperidine rings is 1. The number of rotatable bonds is 7. The number of carbonyl (C=O) groups is 2. The molecule has 1 atom stereocenters. The second kappa shape index (κ2) is 9.82. The summed E-state index contributed by atoms with van der Waals surface area (Å²) < 4.78 is 0. The summed E-state index contributed by atoms with van der Waals surface area (Å²) in [6, 6.07) is 1.03. The van der Waals surface area contributed by atoms with Crippen molar-refractivity contribution >= 4 is 11.9 Å². The molecule has 8 nitrogen and oxygen atoms in total. The largest absolute Gasteiger partial charge is 0.396 e. The lowest BCUT2D eigenvalue weighted by Gasteiger charge is -2.35. The van der Waals surface area contributed by atoms with E-state index >= 15 is 0 Å². The highest BCUT2D eigenvalue weighted by Crippen LogP contribution is 2.18. The van der Waals surface area contributed by atoms with E-state index in [0.717, 1.165) is 12.1 Å². The van der Waals surface area contributed by atoms with Gasteiger partial charge in [0.25, 0.3) is 0 Å². The molecular weight excluding hydrogens is 358 g/mol. The Morgan fingerprint density at radius 1 is 1.43 bits per heavy atom. The van der Waals surface area contributed by atoms with Gasteiger partial charge in [-0.25, -0.2) is 14.8 Å². The minimum atomic E-state index is -0.527. The number of amides is 3. The van der Waals surface area contributed by atoms with Crippen LogP contribution < -0.4 is 5.32 Å². The van der Waals surface area contributed by atoms with Crippen molar-refractivity contribution in [2.75, 3.05) is 26.2 Å². The number of aliphatic hydroxyl groups is 1. The second-order valence-corrected chi connectivity index (χ2v) is 8.56. The molecule has 1 unspecified atom stereocenters. The van der Waals surface area contributed by atoms with Crippen LogP contribution in [-0.4, -0.2) is 69.1 Å². The number of carbonyl (C=O) groups excluding carboxylic acids is 2. The summed E-state index contributed by atoms with van der Waals surface area (Å²) in [4.78, 5) is 37.6. The zero-order valence-corrected chi connectivity index (χ0v) is 17.4. The minimum absolute atomic E-state index is 0.0302. The van der Waals surface area contributed by atoms with Crippen LogP contribution in [0.5, 0.6) is 0 Å². The van der Waals surface area contributed by atoms with Crippen molar-refractivity contribution in [3.05, 3.63) is 23.8 Å². The van der Waals surface area contributed by atoms with Crippen LogP contribution in [0.15, 0.2) is 12.3 Å². The minimum Gasteiger partial charge on any atom is -0.396 e. The number of nitrogens with zero attached hydrogens (tertiary/aromatic N) is 4. The van der Waals surface area contributed by atoms with Crippen LogP contribution >= 0.6 is 0 Å². The summed E-state index contributed by atoms with van der Waals surface area (Å²) in [6.07, 6.45) is 3.67. The van der Waals surface area contributed by atoms with Gasteiger partial charge in [-0.2, -0.15) is 0 Å². The molecule has 1 aromatic heterocycles. The summed E-state index contributed by atoms with van der Waals surface area (Å²) in [5.41, 5.74) is 0.727. The Morgan fingerprint density at radius 2 is 2.18 bits per heavy atom. The Morgan fingerprint density at radius 3 is 2.82 bits per heavy atom. The number of urea groups is 1. The van der Waals surface area contributed by atoms with Crippen LogP contribution in [0.25, 0.3) is 0 Å². The maximum Gasteiger partial charge on any atom is 0.318 e. The first-order valence-electron chi connectivity index (χ1n) is 9.93. The van der Waals surface area contributed by atoms with Crippen molar-refractivity contribution in [2.24, 2.45) is 5.41 Å². The molecule has 1 aliphatic rings. The molecule has 0 saturated carbocycles. The Balaban J connectivity index is 2.00. The normalized spacial score (nSPS) is 17.5. The molecule has 3 amide bonds. The predicted molar refractivity (Wildman–Crippen MR) is 106 cm³/mol. The van der Waals surface area contributed by atoms with Gasteiger partial charge in [-0.1, -0.05) is 20.8 Å². The molecule has 0 radical (unpaired) electrons. The van der Waals surface area contributed by atoms with E-state index in [4.69, 9.17) is 5.11 Å². The highest BCUT2D eigenvalue weighted by atomic mass is 16.3. The fourth-order valence-electron chi connectivity index (χ4n) is 3.35. The smallest absolute Gasteiger partial charge is 0.318 e. The first-order valence-corrected chi connectivity index (χ1v) is 9.93. The standard InChI is InChI=1S/C20H33N5O3/c1-15-21-9-8-16(22-15)13-24-10-5-7-17(18(24)27)23-19(28)25(11-6-12-26)14-20(2,3)4/h8-9,17,26H,5-7,10-14H2,1-4H3,(H,23,28). The molecule has 0 bridgehead atoms. The van der Waals surface area contributed by atoms with Gasteiger partial charge in [-0.3, -0.25) is 4.79 Å². The number of hydrogen-bond acceptors (Lipinski definition) is 5. The average Bonchev–Trinajstić information content (AvgIpc) is 2.61. The zero-order valence-electron chi connectivity index (χ0n) is 17.4. The molecule has 1 saturated heterocycles. The van der Waals surface area contributed by atoms with E-state index in [9.17, 15) is 9.59 Å². The van der Waals surface area contributed by atoms with E-state index in [1.807, 2.05) is 13.0 Å². The van der Waals surface area contributed by atoms with Gasteiger partial charge in [0.05, 0.1) is 12.2 Å². The van der Waals surface area contributed by atoms with E-state index in [2.05, 4.69) is 36.1 Å². The molecule has 0 aliphatic carbocycles. The molecule has 28 heavy (non-hydrogen) atoms. The molecule has 2 rings (SSSR count). The monoisotopic (exact) mass is 391 g/mol. The molecule has 8 heteroatoms. The van der Waals surface area contributed by atoms with Crippen LogP contribution in [0.4, 0.5) is 4.79 Å². The zero-order chi connectivity index (χ0) is 20.7. The van der Waals surface area contributed by atoms with Crippen LogP contribution in [0.2, 0.25) is 0 Å². The third-order valence-electron chi connectivity index (χ3n) is 4.55. The Bertz CT molecular complexity index is 674. The maximum absolute atomic E-state index is 12.9. The van der Waals surface area contributed by atoms with E-state index in [1.54, 1.807) is 16.0 Å². The van der Waals surface area contributed by atoms with Crippen molar-refractivity contribution in [1.82, 2.24) is 25.1 Å². The van der Waals surface area contributed by atoms with Gasteiger partial charge in [0, 0.05) is 32.4 Å². The summed E-state index contributed by atoms with van der Waals surface area (Å²) in [5, 5.41) is 12.0. The molecule has 1 aliphatic heterocycles. The highest BCUT2D eigenvalue weighted by Gasteiger charge is 2.32. The van der Waals surface area contributed by atoms with E-state index in [1.165, 1.54) is 0 Å². The molecule has 2 N–H and O–H groups in total. The first-order chi connectivity index (χ1) is 13.2. The molecule has 0 aromatic carbocycles. The first kappa shape index (κ1) is 22.1. The fraction of sp³-hybridized carbons (Fsp3) is 0.700. The van der Waals surface area contributed by atoms with Gasteiger partial charge in [-0.15, -0.1) is 0 Å². The van der Waals surface area contributed by atoms with Crippen molar-refractivity contribution in [3.8, 4) is 0 Å². The number of aliphatic hydroxyl groups excluding tert-OH is 1. The summed E-state index contributed by atoms with van der Waals surface area (Å²) in [6.45, 7) is 10.1. The SMILES string of the molecule is Cc1nccc(CN2CCCC(NC(=O)N(CCCO)CC(C)(C)C)C2=O)n1. The van der Waals surface area contributed by atoms with Crippen molar-refractivity contribution in [2.45, 2.75) is 59.5 Å². The Labute approximate surface area is 167 Å². The van der Waals surface area contributed by atoms with Crippen LogP contribution in [0.3, 0.4) is 0 Å². The van der Waals surface area contributed by atoms with E-state index in [0.29, 0.717) is 44.8 Å². The highest BCUT2D eigenvalue weighted by molar-refractivity contribution is 5.87. The molecule has 2 heterocycles. The fourth-order valence-corrected chi connectivity index (χ4v) is 3.35. The average molecular weight is 392 g/mol. The number of nitrogens with one attached hydrogen (secondary N) is 1. The van der Waals surface area contributed by atoms with Gasteiger partial charge in [0.1, 0.15) is 11.9 Å². The number of hydrogen-bond donors (Lipinski definition) is 2. The number of likely N-dealkylation sites (tertiary alicyclic amines) is 1. The second-order valence-electron chi connectivity index (χ2n) is 8.56.